The van der Waals surface area contributed by atoms with E-state index in [2.05, 4.69) is 98.9 Å². The van der Waals surface area contributed by atoms with Gasteiger partial charge < -0.3 is 18.9 Å². The van der Waals surface area contributed by atoms with Crippen molar-refractivity contribution in [2.45, 2.75) is 360 Å². The zero-order chi connectivity index (χ0) is 64.8. The maximum atomic E-state index is 12.9. The molecule has 518 valence electrons. The van der Waals surface area contributed by atoms with Crippen LogP contribution in [0.4, 0.5) is 0 Å². The Balaban J connectivity index is 4.00. The van der Waals surface area contributed by atoms with Gasteiger partial charge in [0.15, 0.2) is 6.10 Å². The van der Waals surface area contributed by atoms with Crippen LogP contribution in [-0.2, 0) is 32.7 Å². The van der Waals surface area contributed by atoms with Crippen molar-refractivity contribution in [1.29, 1.82) is 0 Å². The van der Waals surface area contributed by atoms with Crippen LogP contribution in [-0.4, -0.2) is 74.9 Å². The molecule has 0 fully saturated rings. The number of likely N-dealkylation sites (N-methyl/N-ethyl adjacent to an activating group) is 1. The number of hydrogen-bond acceptors (Lipinski definition) is 7. The number of unbranched alkanes of at least 4 members (excludes halogenated alkanes) is 42. The average molecular weight is 1270 g/mol. The zero-order valence-electron chi connectivity index (χ0n) is 59.2. The smallest absolute Gasteiger partial charge is 0.462 e. The minimum absolute atomic E-state index is 0.0299. The number of quaternary nitrogens is 1. The highest BCUT2D eigenvalue weighted by atomic mass is 31.2. The molecule has 2 unspecified atom stereocenters. The van der Waals surface area contributed by atoms with Gasteiger partial charge in [-0.05, 0) is 70.6 Å². The number of phosphoric ester groups is 1. The first-order chi connectivity index (χ1) is 43.5. The molecule has 89 heavy (non-hydrogen) atoms. The van der Waals surface area contributed by atoms with Crippen molar-refractivity contribution >= 4 is 19.8 Å². The number of hydrogen-bond donors (Lipinski definition) is 1. The molecule has 0 amide bonds. The Labute approximate surface area is 551 Å². The molecule has 10 heteroatoms. The molecule has 0 bridgehead atoms. The zero-order valence-corrected chi connectivity index (χ0v) is 60.1. The van der Waals surface area contributed by atoms with E-state index in [9.17, 15) is 19.0 Å². The van der Waals surface area contributed by atoms with Crippen LogP contribution >= 0.6 is 7.82 Å². The van der Waals surface area contributed by atoms with E-state index in [4.69, 9.17) is 18.5 Å². The minimum atomic E-state index is -4.40. The van der Waals surface area contributed by atoms with E-state index in [1.54, 1.807) is 0 Å². The highest BCUT2D eigenvalue weighted by Gasteiger charge is 2.27. The predicted molar refractivity (Wildman–Crippen MR) is 385 cm³/mol. The van der Waals surface area contributed by atoms with Gasteiger partial charge in [0.1, 0.15) is 19.8 Å². The highest BCUT2D eigenvalue weighted by molar-refractivity contribution is 7.47. The second-order valence-electron chi connectivity index (χ2n) is 26.7. The topological polar surface area (TPSA) is 108 Å². The van der Waals surface area contributed by atoms with E-state index >= 15 is 0 Å². The number of esters is 2. The maximum absolute atomic E-state index is 12.9. The summed E-state index contributed by atoms with van der Waals surface area (Å²) in [6.07, 6.45) is 95.7. The predicted octanol–water partition coefficient (Wildman–Crippen LogP) is 24.9. The fraction of sp³-hybridized carbons (Fsp3) is 0.797. The van der Waals surface area contributed by atoms with Crippen LogP contribution < -0.4 is 0 Å². The van der Waals surface area contributed by atoms with Crippen LogP contribution in [0.1, 0.15) is 354 Å². The van der Waals surface area contributed by atoms with Gasteiger partial charge in [0.2, 0.25) is 0 Å². The summed E-state index contributed by atoms with van der Waals surface area (Å²) >= 11 is 0. The van der Waals surface area contributed by atoms with E-state index in [0.29, 0.717) is 23.9 Å². The van der Waals surface area contributed by atoms with Gasteiger partial charge in [-0.25, -0.2) is 4.57 Å². The van der Waals surface area contributed by atoms with Crippen LogP contribution in [0.25, 0.3) is 0 Å². The van der Waals surface area contributed by atoms with Crippen LogP contribution in [0.5, 0.6) is 0 Å². The van der Waals surface area contributed by atoms with Gasteiger partial charge in [-0.1, -0.05) is 356 Å². The Bertz CT molecular complexity index is 1780. The molecule has 0 aliphatic rings. The van der Waals surface area contributed by atoms with Crippen molar-refractivity contribution in [3.8, 4) is 0 Å². The molecular weight excluding hydrogens is 1120 g/mol. The maximum Gasteiger partial charge on any atom is 0.472 e. The average Bonchev–Trinajstić information content (AvgIpc) is 3.60. The first-order valence-corrected chi connectivity index (χ1v) is 39.3. The molecule has 0 aliphatic carbocycles. The normalized spacial score (nSPS) is 13.6. The van der Waals surface area contributed by atoms with Gasteiger partial charge in [0, 0.05) is 12.8 Å². The van der Waals surface area contributed by atoms with Gasteiger partial charge in [0.05, 0.1) is 27.7 Å². The van der Waals surface area contributed by atoms with Crippen molar-refractivity contribution in [1.82, 2.24) is 0 Å². The van der Waals surface area contributed by atoms with Gasteiger partial charge in [-0.15, -0.1) is 0 Å². The lowest BCUT2D eigenvalue weighted by molar-refractivity contribution is -0.870. The Morgan fingerprint density at radius 3 is 0.955 bits per heavy atom. The molecule has 2 atom stereocenters. The second-order valence-corrected chi connectivity index (χ2v) is 28.1. The van der Waals surface area contributed by atoms with Gasteiger partial charge in [-0.2, -0.15) is 0 Å². The van der Waals surface area contributed by atoms with E-state index in [0.717, 1.165) is 89.9 Å². The molecule has 0 saturated carbocycles. The summed E-state index contributed by atoms with van der Waals surface area (Å²) < 4.78 is 34.8. The summed E-state index contributed by atoms with van der Waals surface area (Å²) in [5.74, 6) is -0.787. The number of carbonyl (C=O) groups is 2. The Hall–Kier alpha value is -2.81. The fourth-order valence-electron chi connectivity index (χ4n) is 10.9. The molecule has 0 spiro atoms. The molecule has 0 aromatic rings. The number of ether oxygens (including phenoxy) is 2. The molecule has 0 aromatic carbocycles. The lowest BCUT2D eigenvalue weighted by Crippen LogP contribution is -2.37. The molecule has 1 N–H and O–H groups in total. The van der Waals surface area contributed by atoms with Crippen molar-refractivity contribution in [2.75, 3.05) is 47.5 Å². The largest absolute Gasteiger partial charge is 0.472 e. The summed E-state index contributed by atoms with van der Waals surface area (Å²) in [6, 6.07) is 0. The van der Waals surface area contributed by atoms with E-state index in [1.807, 2.05) is 21.1 Å². The second kappa shape index (κ2) is 69.5. The third-order valence-corrected chi connectivity index (χ3v) is 17.7. The molecule has 0 aliphatic heterocycles. The standard InChI is InChI=1S/C79H144NO8P/c1-6-8-10-12-14-16-18-20-22-24-26-28-30-32-34-36-38-40-42-44-46-48-50-52-54-56-58-60-62-64-66-68-70-72-79(82)88-77(76-87-89(83,84)86-74-73-80(3,4)5)75-85-78(81)71-69-67-65-63-61-59-57-55-53-51-49-47-45-43-41-39-37-35-33-31-29-27-25-23-21-19-17-15-13-11-9-7-2/h8,10,14,16,20,22,26,28,32,34,38,40,44,46,77H,6-7,9,11-13,15,17-19,21,23-25,27,29-31,33,35-37,39,41-43,45,47-76H2,1-5H3/p+1/b10-8-,16-14-,22-20-,28-26-,34-32-,40-38-,46-44-. The number of carbonyl (C=O) groups excluding carboxylic acids is 2. The molecule has 0 aromatic heterocycles. The van der Waals surface area contributed by atoms with Crippen molar-refractivity contribution in [3.63, 3.8) is 0 Å². The lowest BCUT2D eigenvalue weighted by Gasteiger charge is -2.24. The third kappa shape index (κ3) is 74.1. The quantitative estimate of drug-likeness (QED) is 0.0211. The summed E-state index contributed by atoms with van der Waals surface area (Å²) in [6.45, 7) is 4.37. The first kappa shape index (κ1) is 86.2. The molecule has 0 saturated heterocycles. The summed E-state index contributed by atoms with van der Waals surface area (Å²) in [5.41, 5.74) is 0. The van der Waals surface area contributed by atoms with Crippen LogP contribution in [0, 0.1) is 0 Å². The number of allylic oxidation sites excluding steroid dienone is 14. The Kier molecular flexibility index (Phi) is 67.3. The highest BCUT2D eigenvalue weighted by Crippen LogP contribution is 2.43. The van der Waals surface area contributed by atoms with E-state index in [-0.39, 0.29) is 25.6 Å². The Morgan fingerprint density at radius 1 is 0.360 bits per heavy atom. The van der Waals surface area contributed by atoms with E-state index < -0.39 is 26.5 Å². The van der Waals surface area contributed by atoms with Gasteiger partial charge >= 0.3 is 19.8 Å². The SMILES string of the molecule is CC/C=C\C/C=C\C/C=C\C/C=C\C/C=C\C/C=C\C/C=C\CCCCCCCCCCCCCC(=O)OC(COC(=O)CCCCCCCCCCCCCCCCCCCCCCCCCCCCCCCCCC)COP(=O)(O)OCC[N+](C)(C)C. The van der Waals surface area contributed by atoms with Crippen LogP contribution in [0.2, 0.25) is 0 Å². The first-order valence-electron chi connectivity index (χ1n) is 37.8. The monoisotopic (exact) mass is 1270 g/mol. The van der Waals surface area contributed by atoms with Crippen molar-refractivity contribution in [2.24, 2.45) is 0 Å². The van der Waals surface area contributed by atoms with Crippen LogP contribution in [0.3, 0.4) is 0 Å². The molecule has 0 rings (SSSR count). The third-order valence-electron chi connectivity index (χ3n) is 16.7. The van der Waals surface area contributed by atoms with Crippen molar-refractivity contribution < 1.29 is 42.1 Å². The summed E-state index contributed by atoms with van der Waals surface area (Å²) in [5, 5.41) is 0. The molecule has 0 heterocycles. The van der Waals surface area contributed by atoms with Gasteiger partial charge in [0.25, 0.3) is 0 Å². The summed E-state index contributed by atoms with van der Waals surface area (Å²) in [4.78, 5) is 35.9. The molecule has 0 radical (unpaired) electrons. The fourth-order valence-corrected chi connectivity index (χ4v) is 11.7. The van der Waals surface area contributed by atoms with Gasteiger partial charge in [-0.3, -0.25) is 18.6 Å². The minimum Gasteiger partial charge on any atom is -0.462 e. The van der Waals surface area contributed by atoms with Crippen molar-refractivity contribution in [3.05, 3.63) is 85.1 Å². The summed E-state index contributed by atoms with van der Waals surface area (Å²) in [7, 11) is 1.48. The van der Waals surface area contributed by atoms with Crippen LogP contribution in [0.15, 0.2) is 85.1 Å². The lowest BCUT2D eigenvalue weighted by atomic mass is 10.0. The number of nitrogens with zero attached hydrogens (tertiary/aromatic N) is 1. The molecular formula is C79H145NO8P+. The number of phosphoric acid groups is 1. The number of rotatable bonds is 70. The Morgan fingerprint density at radius 2 is 0.640 bits per heavy atom. The molecule has 9 nitrogen and oxygen atoms in total. The van der Waals surface area contributed by atoms with E-state index in [1.165, 1.54) is 231 Å².